The summed E-state index contributed by atoms with van der Waals surface area (Å²) in [4.78, 5) is 10.6. The zero-order valence-electron chi connectivity index (χ0n) is 6.95. The van der Waals surface area contributed by atoms with Crippen LogP contribution < -0.4 is 11.6 Å². The molecular weight excluding hydrogens is 178 g/mol. The maximum Gasteiger partial charge on any atom is 0.305 e. The van der Waals surface area contributed by atoms with E-state index < -0.39 is 0 Å². The molecular formula is C6H13N3O2S. The first-order valence-corrected chi connectivity index (χ1v) is 4.42. The molecule has 0 aliphatic rings. The minimum Gasteiger partial charge on any atom is -0.469 e. The van der Waals surface area contributed by atoms with E-state index in [0.29, 0.717) is 18.0 Å². The minimum atomic E-state index is -0.209. The van der Waals surface area contributed by atoms with Gasteiger partial charge in [0.2, 0.25) is 0 Å². The van der Waals surface area contributed by atoms with Gasteiger partial charge in [-0.2, -0.15) is 5.10 Å². The molecule has 0 saturated heterocycles. The lowest BCUT2D eigenvalue weighted by Crippen LogP contribution is -2.10. The first kappa shape index (κ1) is 11.1. The first-order chi connectivity index (χ1) is 5.70. The number of hydrazone groups is 1. The molecule has 0 spiro atoms. The van der Waals surface area contributed by atoms with Gasteiger partial charge in [-0.15, -0.1) is 0 Å². The molecule has 0 rings (SSSR count). The van der Waals surface area contributed by atoms with E-state index in [9.17, 15) is 4.79 Å². The molecule has 0 aromatic heterocycles. The van der Waals surface area contributed by atoms with Gasteiger partial charge in [0.1, 0.15) is 0 Å². The van der Waals surface area contributed by atoms with E-state index in [1.807, 2.05) is 0 Å². The predicted octanol–water partition coefficient (Wildman–Crippen LogP) is -0.139. The highest BCUT2D eigenvalue weighted by atomic mass is 32.2. The Balaban J connectivity index is 3.27. The molecule has 0 aliphatic carbocycles. The number of amidine groups is 1. The van der Waals surface area contributed by atoms with Crippen molar-refractivity contribution in [2.24, 2.45) is 16.7 Å². The largest absolute Gasteiger partial charge is 0.469 e. The fraction of sp³-hybridized carbons (Fsp3) is 0.667. The summed E-state index contributed by atoms with van der Waals surface area (Å²) in [6.07, 6.45) is 1.12. The van der Waals surface area contributed by atoms with Crippen LogP contribution in [-0.4, -0.2) is 24.0 Å². The van der Waals surface area contributed by atoms with Gasteiger partial charge in [0.05, 0.1) is 7.11 Å². The molecule has 0 aliphatic heterocycles. The van der Waals surface area contributed by atoms with Crippen molar-refractivity contribution in [3.8, 4) is 0 Å². The number of esters is 1. The van der Waals surface area contributed by atoms with Gasteiger partial charge in [-0.05, 0) is 6.42 Å². The minimum absolute atomic E-state index is 0.209. The molecule has 5 nitrogen and oxygen atoms in total. The van der Waals surface area contributed by atoms with E-state index >= 15 is 0 Å². The number of nitrogens with two attached hydrogens (primary N) is 2. The van der Waals surface area contributed by atoms with Crippen LogP contribution >= 0.6 is 11.8 Å². The average Bonchev–Trinajstić information content (AvgIpc) is 2.11. The van der Waals surface area contributed by atoms with Crippen LogP contribution in [0.5, 0.6) is 0 Å². The first-order valence-electron chi connectivity index (χ1n) is 3.43. The molecule has 0 fully saturated rings. The normalized spacial score (nSPS) is 11.2. The van der Waals surface area contributed by atoms with Crippen molar-refractivity contribution in [2.45, 2.75) is 12.8 Å². The second kappa shape index (κ2) is 6.78. The van der Waals surface area contributed by atoms with Crippen molar-refractivity contribution >= 4 is 22.9 Å². The van der Waals surface area contributed by atoms with Gasteiger partial charge >= 0.3 is 5.97 Å². The molecule has 6 heteroatoms. The van der Waals surface area contributed by atoms with E-state index in [0.717, 1.165) is 5.75 Å². The Morgan fingerprint density at radius 2 is 2.33 bits per heavy atom. The number of hydrogen-bond donors (Lipinski definition) is 2. The van der Waals surface area contributed by atoms with E-state index in [4.69, 9.17) is 11.6 Å². The number of ether oxygens (including phenoxy) is 1. The number of carbonyl (C=O) groups excluding carboxylic acids is 1. The third-order valence-electron chi connectivity index (χ3n) is 1.13. The van der Waals surface area contributed by atoms with Crippen LogP contribution in [0.25, 0.3) is 0 Å². The highest BCUT2D eigenvalue weighted by Crippen LogP contribution is 2.04. The molecule has 0 heterocycles. The van der Waals surface area contributed by atoms with Crippen molar-refractivity contribution in [1.82, 2.24) is 0 Å². The molecule has 0 unspecified atom stereocenters. The van der Waals surface area contributed by atoms with Crippen LogP contribution in [0.3, 0.4) is 0 Å². The van der Waals surface area contributed by atoms with E-state index in [2.05, 4.69) is 9.84 Å². The van der Waals surface area contributed by atoms with Crippen molar-refractivity contribution in [1.29, 1.82) is 0 Å². The Labute approximate surface area is 75.5 Å². The van der Waals surface area contributed by atoms with Crippen LogP contribution in [0.15, 0.2) is 5.10 Å². The zero-order valence-corrected chi connectivity index (χ0v) is 7.76. The van der Waals surface area contributed by atoms with Crippen molar-refractivity contribution in [3.63, 3.8) is 0 Å². The summed E-state index contributed by atoms with van der Waals surface area (Å²) in [5.41, 5.74) is 5.29. The third-order valence-corrected chi connectivity index (χ3v) is 2.02. The summed E-state index contributed by atoms with van der Waals surface area (Å²) in [7, 11) is 1.37. The van der Waals surface area contributed by atoms with Crippen molar-refractivity contribution in [2.75, 3.05) is 12.9 Å². The number of carbonyl (C=O) groups is 1. The van der Waals surface area contributed by atoms with Crippen molar-refractivity contribution < 1.29 is 9.53 Å². The second-order valence-electron chi connectivity index (χ2n) is 2.00. The van der Waals surface area contributed by atoms with Gasteiger partial charge in [-0.3, -0.25) is 4.79 Å². The maximum absolute atomic E-state index is 10.6. The number of methoxy groups -OCH3 is 1. The van der Waals surface area contributed by atoms with E-state index in [-0.39, 0.29) is 5.97 Å². The third kappa shape index (κ3) is 5.84. The van der Waals surface area contributed by atoms with Crippen LogP contribution in [0.2, 0.25) is 0 Å². The Kier molecular flexibility index (Phi) is 6.26. The lowest BCUT2D eigenvalue weighted by Gasteiger charge is -1.98. The zero-order chi connectivity index (χ0) is 9.40. The number of thioether (sulfide) groups is 1. The summed E-state index contributed by atoms with van der Waals surface area (Å²) >= 11 is 1.32. The number of rotatable bonds is 4. The lowest BCUT2D eigenvalue weighted by atomic mass is 10.3. The highest BCUT2D eigenvalue weighted by Gasteiger charge is 1.99. The fourth-order valence-corrected chi connectivity index (χ4v) is 1.10. The lowest BCUT2D eigenvalue weighted by molar-refractivity contribution is -0.140. The van der Waals surface area contributed by atoms with Gasteiger partial charge in [-0.1, -0.05) is 11.8 Å². The van der Waals surface area contributed by atoms with Crippen LogP contribution in [0.4, 0.5) is 0 Å². The Morgan fingerprint density at radius 3 is 2.83 bits per heavy atom. The predicted molar refractivity (Wildman–Crippen MR) is 49.5 cm³/mol. The molecule has 0 bridgehead atoms. The van der Waals surface area contributed by atoms with Crippen LogP contribution in [0.1, 0.15) is 12.8 Å². The Morgan fingerprint density at radius 1 is 1.67 bits per heavy atom. The molecule has 0 saturated carbocycles. The molecule has 4 N–H and O–H groups in total. The summed E-state index contributed by atoms with van der Waals surface area (Å²) < 4.78 is 4.45. The Hall–Kier alpha value is -0.910. The molecule has 0 aromatic rings. The van der Waals surface area contributed by atoms with E-state index in [1.165, 1.54) is 18.9 Å². The molecule has 12 heavy (non-hydrogen) atoms. The van der Waals surface area contributed by atoms with Gasteiger partial charge < -0.3 is 16.3 Å². The number of hydrogen-bond acceptors (Lipinski definition) is 5. The molecule has 0 aromatic carbocycles. The fourth-order valence-electron chi connectivity index (χ4n) is 0.533. The summed E-state index contributed by atoms with van der Waals surface area (Å²) in [6, 6.07) is 0. The molecule has 0 amide bonds. The SMILES string of the molecule is COC(=O)CCCSC(N)=NN. The topological polar surface area (TPSA) is 90.7 Å². The van der Waals surface area contributed by atoms with Gasteiger partial charge in [0, 0.05) is 12.2 Å². The summed E-state index contributed by atoms with van der Waals surface area (Å²) in [5, 5.41) is 3.60. The summed E-state index contributed by atoms with van der Waals surface area (Å²) in [5.74, 6) is 5.41. The summed E-state index contributed by atoms with van der Waals surface area (Å²) in [6.45, 7) is 0. The van der Waals surface area contributed by atoms with Crippen LogP contribution in [0, 0.1) is 0 Å². The molecule has 0 atom stereocenters. The highest BCUT2D eigenvalue weighted by molar-refractivity contribution is 8.13. The van der Waals surface area contributed by atoms with Gasteiger partial charge in [0.15, 0.2) is 5.17 Å². The van der Waals surface area contributed by atoms with E-state index in [1.54, 1.807) is 0 Å². The molecule has 70 valence electrons. The average molecular weight is 191 g/mol. The van der Waals surface area contributed by atoms with Gasteiger partial charge in [-0.25, -0.2) is 0 Å². The second-order valence-corrected chi connectivity index (χ2v) is 3.11. The monoisotopic (exact) mass is 191 g/mol. The number of nitrogens with zero attached hydrogens (tertiary/aromatic N) is 1. The standard InChI is InChI=1S/C6H13N3O2S/c1-11-5(10)3-2-4-12-6(7)9-8/h2-4,8H2,1H3,(H2,7,9). The van der Waals surface area contributed by atoms with Crippen LogP contribution in [-0.2, 0) is 9.53 Å². The quantitative estimate of drug-likeness (QED) is 0.161. The maximum atomic E-state index is 10.6. The van der Waals surface area contributed by atoms with Crippen molar-refractivity contribution in [3.05, 3.63) is 0 Å². The smallest absolute Gasteiger partial charge is 0.305 e. The van der Waals surface area contributed by atoms with Gasteiger partial charge in [0.25, 0.3) is 0 Å². The Bertz CT molecular complexity index is 172. The molecule has 0 radical (unpaired) electrons.